The van der Waals surface area contributed by atoms with Gasteiger partial charge in [-0.2, -0.15) is 5.10 Å². The van der Waals surface area contributed by atoms with E-state index < -0.39 is 5.60 Å². The highest BCUT2D eigenvalue weighted by Crippen LogP contribution is 2.47. The summed E-state index contributed by atoms with van der Waals surface area (Å²) in [5.41, 5.74) is 5.64. The molecule has 0 bridgehead atoms. The molecule has 8 heteroatoms. The molecular weight excluding hydrogens is 522 g/mol. The van der Waals surface area contributed by atoms with Gasteiger partial charge in [0.25, 0.3) is 5.91 Å². The number of nitrogens with one attached hydrogen (secondary N) is 1. The summed E-state index contributed by atoms with van der Waals surface area (Å²) >= 11 is 2.25. The normalized spacial score (nSPS) is 17.2. The van der Waals surface area contributed by atoms with Gasteiger partial charge in [0.15, 0.2) is 5.69 Å². The van der Waals surface area contributed by atoms with Crippen molar-refractivity contribution in [2.45, 2.75) is 38.7 Å². The van der Waals surface area contributed by atoms with E-state index in [1.807, 2.05) is 37.1 Å². The molecule has 2 aliphatic rings. The minimum absolute atomic E-state index is 0.255. The van der Waals surface area contributed by atoms with Gasteiger partial charge in [0, 0.05) is 22.2 Å². The van der Waals surface area contributed by atoms with E-state index in [1.165, 1.54) is 18.6 Å². The van der Waals surface area contributed by atoms with Crippen molar-refractivity contribution in [3.8, 4) is 22.7 Å². The first kappa shape index (κ1) is 21.4. The van der Waals surface area contributed by atoms with Crippen LogP contribution < -0.4 is 10.2 Å². The van der Waals surface area contributed by atoms with Crippen LogP contribution in [0, 0.1) is 9.39 Å². The van der Waals surface area contributed by atoms with Gasteiger partial charge < -0.3 is 4.74 Å². The van der Waals surface area contributed by atoms with E-state index in [9.17, 15) is 9.18 Å². The first-order chi connectivity index (χ1) is 15.3. The summed E-state index contributed by atoms with van der Waals surface area (Å²) in [5, 5.41) is 6.71. The topological polar surface area (TPSA) is 59.4 Å². The van der Waals surface area contributed by atoms with Crippen LogP contribution in [0.2, 0.25) is 0 Å². The number of ether oxygens (including phenoxy) is 1. The van der Waals surface area contributed by atoms with E-state index in [0.717, 1.165) is 52.1 Å². The van der Waals surface area contributed by atoms with Crippen LogP contribution >= 0.6 is 22.6 Å². The molecule has 2 aromatic carbocycles. The predicted molar refractivity (Wildman–Crippen MR) is 128 cm³/mol. The molecule has 1 N–H and O–H groups in total. The van der Waals surface area contributed by atoms with E-state index in [1.54, 1.807) is 16.8 Å². The molecule has 0 radical (unpaired) electrons. The van der Waals surface area contributed by atoms with Crippen LogP contribution in [-0.2, 0) is 5.60 Å². The van der Waals surface area contributed by atoms with Crippen LogP contribution in [0.5, 0.6) is 5.75 Å². The molecule has 1 aromatic heterocycles. The predicted octanol–water partition coefficient (Wildman–Crippen LogP) is 5.04. The SMILES string of the molecule is CC1(C)Oc2cc(I)ccc2-c2c1c(C(=O)NN1CCCCC1)nn2-c1ccc(F)cc1. The summed E-state index contributed by atoms with van der Waals surface area (Å²) in [6.07, 6.45) is 3.30. The number of fused-ring (bicyclic) bond motifs is 3. The van der Waals surface area contributed by atoms with Crippen molar-refractivity contribution in [2.24, 2.45) is 0 Å². The average Bonchev–Trinajstić information content (AvgIpc) is 3.17. The number of amides is 1. The highest BCUT2D eigenvalue weighted by molar-refractivity contribution is 14.1. The molecule has 0 aliphatic carbocycles. The van der Waals surface area contributed by atoms with Gasteiger partial charge >= 0.3 is 0 Å². The zero-order valence-corrected chi connectivity index (χ0v) is 20.1. The van der Waals surface area contributed by atoms with Crippen LogP contribution in [0.3, 0.4) is 0 Å². The zero-order valence-electron chi connectivity index (χ0n) is 18.0. The van der Waals surface area contributed by atoms with Crippen LogP contribution in [0.25, 0.3) is 16.9 Å². The molecule has 0 unspecified atom stereocenters. The molecule has 2 aliphatic heterocycles. The van der Waals surface area contributed by atoms with E-state index in [4.69, 9.17) is 9.84 Å². The van der Waals surface area contributed by atoms with E-state index in [2.05, 4.69) is 28.0 Å². The van der Waals surface area contributed by atoms with Crippen molar-refractivity contribution in [1.82, 2.24) is 20.2 Å². The molecule has 3 aromatic rings. The fourth-order valence-corrected chi connectivity index (χ4v) is 4.93. The third kappa shape index (κ3) is 3.79. The lowest BCUT2D eigenvalue weighted by Crippen LogP contribution is -2.46. The van der Waals surface area contributed by atoms with Crippen LogP contribution in [0.1, 0.15) is 49.2 Å². The van der Waals surface area contributed by atoms with Crippen molar-refractivity contribution in [2.75, 3.05) is 13.1 Å². The third-order valence-corrected chi connectivity index (χ3v) is 6.62. The Hall–Kier alpha value is -2.46. The molecule has 32 heavy (non-hydrogen) atoms. The lowest BCUT2D eigenvalue weighted by molar-refractivity contribution is 0.0720. The van der Waals surface area contributed by atoms with Gasteiger partial charge in [-0.1, -0.05) is 6.42 Å². The van der Waals surface area contributed by atoms with E-state index in [-0.39, 0.29) is 11.7 Å². The minimum atomic E-state index is -0.778. The van der Waals surface area contributed by atoms with Gasteiger partial charge in [-0.15, -0.1) is 0 Å². The molecule has 0 saturated carbocycles. The third-order valence-electron chi connectivity index (χ3n) is 5.95. The number of hydrazine groups is 1. The van der Waals surface area contributed by atoms with Gasteiger partial charge in [-0.05, 0) is 91.7 Å². The van der Waals surface area contributed by atoms with Crippen LogP contribution in [-0.4, -0.2) is 33.8 Å². The Morgan fingerprint density at radius 2 is 1.84 bits per heavy atom. The number of halogens is 2. The van der Waals surface area contributed by atoms with Crippen molar-refractivity contribution >= 4 is 28.5 Å². The van der Waals surface area contributed by atoms with E-state index >= 15 is 0 Å². The minimum Gasteiger partial charge on any atom is -0.482 e. The lowest BCUT2D eigenvalue weighted by atomic mass is 9.89. The molecule has 166 valence electrons. The molecule has 1 fully saturated rings. The molecule has 6 nitrogen and oxygen atoms in total. The summed E-state index contributed by atoms with van der Waals surface area (Å²) in [5.74, 6) is 0.159. The number of carbonyl (C=O) groups is 1. The summed E-state index contributed by atoms with van der Waals surface area (Å²) in [4.78, 5) is 13.4. The lowest BCUT2D eigenvalue weighted by Gasteiger charge is -2.34. The van der Waals surface area contributed by atoms with Crippen molar-refractivity contribution < 1.29 is 13.9 Å². The Balaban J connectivity index is 1.69. The number of nitrogens with zero attached hydrogens (tertiary/aromatic N) is 3. The van der Waals surface area contributed by atoms with Gasteiger partial charge in [0.05, 0.1) is 16.9 Å². The largest absolute Gasteiger partial charge is 0.482 e. The second-order valence-electron chi connectivity index (χ2n) is 8.70. The van der Waals surface area contributed by atoms with Gasteiger partial charge in [-0.25, -0.2) is 14.1 Å². The zero-order chi connectivity index (χ0) is 22.5. The standard InChI is InChI=1S/C24H24FIN4O2/c1-24(2)20-21(23(31)28-29-12-4-3-5-13-29)27-30(17-9-6-15(25)7-10-17)22(20)18-11-8-16(26)14-19(18)32-24/h6-11,14H,3-5,12-13H2,1-2H3,(H,28,31). The average molecular weight is 546 g/mol. The van der Waals surface area contributed by atoms with Gasteiger partial charge in [0.1, 0.15) is 17.2 Å². The second kappa shape index (κ2) is 8.15. The smallest absolute Gasteiger partial charge is 0.286 e. The first-order valence-electron chi connectivity index (χ1n) is 10.8. The maximum absolute atomic E-state index is 13.6. The maximum atomic E-state index is 13.6. The summed E-state index contributed by atoms with van der Waals surface area (Å²) in [7, 11) is 0. The highest BCUT2D eigenvalue weighted by Gasteiger charge is 2.41. The highest BCUT2D eigenvalue weighted by atomic mass is 127. The fourth-order valence-electron chi connectivity index (χ4n) is 4.47. The Morgan fingerprint density at radius 3 is 2.56 bits per heavy atom. The number of hydrogen-bond donors (Lipinski definition) is 1. The Kier molecular flexibility index (Phi) is 5.45. The van der Waals surface area contributed by atoms with Crippen molar-refractivity contribution in [1.29, 1.82) is 0 Å². The Morgan fingerprint density at radius 1 is 1.12 bits per heavy atom. The quantitative estimate of drug-likeness (QED) is 0.468. The van der Waals surface area contributed by atoms with Crippen molar-refractivity contribution in [3.63, 3.8) is 0 Å². The maximum Gasteiger partial charge on any atom is 0.286 e. The summed E-state index contributed by atoms with van der Waals surface area (Å²) in [6.45, 7) is 5.55. The first-order valence-corrected chi connectivity index (χ1v) is 11.9. The van der Waals surface area contributed by atoms with Crippen molar-refractivity contribution in [3.05, 3.63) is 63.1 Å². The molecule has 3 heterocycles. The Bertz CT molecular complexity index is 1180. The number of aromatic nitrogens is 2. The van der Waals surface area contributed by atoms with Gasteiger partial charge in [0.2, 0.25) is 0 Å². The van der Waals surface area contributed by atoms with Gasteiger partial charge in [-0.3, -0.25) is 10.2 Å². The number of rotatable bonds is 3. The molecular formula is C24H24FIN4O2. The van der Waals surface area contributed by atoms with Crippen LogP contribution in [0.15, 0.2) is 42.5 Å². The fraction of sp³-hybridized carbons (Fsp3) is 0.333. The molecule has 0 spiro atoms. The number of piperidine rings is 1. The second-order valence-corrected chi connectivity index (χ2v) is 9.95. The summed E-state index contributed by atoms with van der Waals surface area (Å²) in [6, 6.07) is 12.1. The molecule has 1 amide bonds. The van der Waals surface area contributed by atoms with Crippen LogP contribution in [0.4, 0.5) is 4.39 Å². The molecule has 5 rings (SSSR count). The monoisotopic (exact) mass is 546 g/mol. The number of benzene rings is 2. The Labute approximate surface area is 199 Å². The molecule has 0 atom stereocenters. The summed E-state index contributed by atoms with van der Waals surface area (Å²) < 4.78 is 22.8. The number of hydrogen-bond acceptors (Lipinski definition) is 4. The number of carbonyl (C=O) groups excluding carboxylic acids is 1. The molecule has 1 saturated heterocycles. The van der Waals surface area contributed by atoms with E-state index in [0.29, 0.717) is 11.4 Å².